The molecule has 2 aliphatic heterocycles. The number of carbonyl (C=O) groups is 4. The van der Waals surface area contributed by atoms with E-state index in [0.29, 0.717) is 35.3 Å². The van der Waals surface area contributed by atoms with Gasteiger partial charge >= 0.3 is 0 Å². The second-order valence-corrected chi connectivity index (χ2v) is 6.96. The Kier molecular flexibility index (Phi) is 10.6. The highest BCUT2D eigenvalue weighted by atomic mass is 16.2. The van der Waals surface area contributed by atoms with Gasteiger partial charge in [0.05, 0.1) is 11.1 Å². The lowest BCUT2D eigenvalue weighted by atomic mass is 9.94. The van der Waals surface area contributed by atoms with E-state index in [4.69, 9.17) is 0 Å². The van der Waals surface area contributed by atoms with Gasteiger partial charge < -0.3 is 0 Å². The zero-order valence-corrected chi connectivity index (χ0v) is 16.7. The highest BCUT2D eigenvalue weighted by molar-refractivity contribution is 6.25. The van der Waals surface area contributed by atoms with E-state index in [0.717, 1.165) is 10.8 Å². The number of fused-ring (bicyclic) bond motifs is 1. The molecule has 34 heavy (non-hydrogen) atoms. The molecule has 2 heterocycles. The van der Waals surface area contributed by atoms with E-state index in [9.17, 15) is 19.2 Å². The van der Waals surface area contributed by atoms with Crippen LogP contribution in [0.25, 0.3) is 10.8 Å². The molecule has 0 atom stereocenters. The molecule has 0 spiro atoms. The van der Waals surface area contributed by atoms with E-state index in [1.807, 2.05) is 31.2 Å². The van der Waals surface area contributed by atoms with E-state index < -0.39 is 0 Å². The maximum atomic E-state index is 12.1. The van der Waals surface area contributed by atoms with Gasteiger partial charge in [-0.2, -0.15) is 0 Å². The van der Waals surface area contributed by atoms with Crippen LogP contribution in [-0.4, -0.2) is 46.5 Å². The van der Waals surface area contributed by atoms with Crippen LogP contribution in [0.1, 0.15) is 85.0 Å². The lowest BCUT2D eigenvalue weighted by Crippen LogP contribution is -2.39. The van der Waals surface area contributed by atoms with Gasteiger partial charge in [-0.15, -0.1) is 0 Å². The van der Waals surface area contributed by atoms with Gasteiger partial charge in [-0.25, -0.2) is 0 Å². The van der Waals surface area contributed by atoms with Gasteiger partial charge in [-0.05, 0) is 43.5 Å². The molecule has 4 amide bonds. The Bertz CT molecular complexity index is 1130. The molecule has 182 valence electrons. The highest BCUT2D eigenvalue weighted by Crippen LogP contribution is 2.29. The first-order chi connectivity index (χ1) is 14.5. The minimum atomic E-state index is -0.193. The third-order valence-corrected chi connectivity index (χ3v) is 5.37. The monoisotopic (exact) mass is 464 g/mol. The van der Waals surface area contributed by atoms with Gasteiger partial charge in [0.1, 0.15) is 0 Å². The molecule has 0 aliphatic carbocycles. The Hall–Kier alpha value is -3.80. The normalized spacial score (nSPS) is 13.0. The number of rotatable bonds is 2. The summed E-state index contributed by atoms with van der Waals surface area (Å²) in [6.45, 7) is 4.44. The second-order valence-electron chi connectivity index (χ2n) is 6.96. The minimum absolute atomic E-state index is 0. The Morgan fingerprint density at radius 1 is 0.500 bits per heavy atom. The van der Waals surface area contributed by atoms with Crippen LogP contribution in [0, 0.1) is 0 Å². The summed E-state index contributed by atoms with van der Waals surface area (Å²) in [4.78, 5) is 49.9. The molecule has 5 rings (SSSR count). The summed E-state index contributed by atoms with van der Waals surface area (Å²) in [6.07, 6.45) is 0. The molecule has 6 heteroatoms. The predicted octanol–water partition coefficient (Wildman–Crippen LogP) is 6.30. The predicted molar refractivity (Wildman–Crippen MR) is 139 cm³/mol. The number of hydrogen-bond acceptors (Lipinski definition) is 4. The molecule has 0 unspecified atom stereocenters. The topological polar surface area (TPSA) is 74.8 Å². The molecule has 0 N–H and O–H groups in total. The van der Waals surface area contributed by atoms with Crippen molar-refractivity contribution in [3.8, 4) is 0 Å². The van der Waals surface area contributed by atoms with Gasteiger partial charge in [-0.1, -0.05) is 66.1 Å². The van der Waals surface area contributed by atoms with Crippen LogP contribution in [0.5, 0.6) is 0 Å². The molecule has 2 aliphatic rings. The molecule has 0 fully saturated rings. The summed E-state index contributed by atoms with van der Waals surface area (Å²) < 4.78 is 0. The molecule has 6 nitrogen and oxygen atoms in total. The number of amides is 4. The van der Waals surface area contributed by atoms with Crippen molar-refractivity contribution in [3.05, 3.63) is 82.9 Å². The maximum Gasteiger partial charge on any atom is 0.261 e. The molecule has 0 saturated carbocycles. The average molecular weight is 465 g/mol. The lowest BCUT2D eigenvalue weighted by molar-refractivity contribution is 0.0614. The lowest BCUT2D eigenvalue weighted by Gasteiger charge is -2.25. The Labute approximate surface area is 203 Å². The van der Waals surface area contributed by atoms with E-state index in [-0.39, 0.29) is 53.3 Å². The third kappa shape index (κ3) is 4.62. The van der Waals surface area contributed by atoms with Crippen LogP contribution in [-0.2, 0) is 0 Å². The van der Waals surface area contributed by atoms with E-state index in [1.165, 1.54) is 9.80 Å². The summed E-state index contributed by atoms with van der Waals surface area (Å²) in [5, 5.41) is 1.73. The van der Waals surface area contributed by atoms with E-state index >= 15 is 0 Å². The van der Waals surface area contributed by atoms with Gasteiger partial charge in [-0.3, -0.25) is 29.0 Å². The van der Waals surface area contributed by atoms with Gasteiger partial charge in [0, 0.05) is 29.6 Å². The zero-order chi connectivity index (χ0) is 21.4. The first-order valence-corrected chi connectivity index (χ1v) is 9.82. The fourth-order valence-corrected chi connectivity index (χ4v) is 3.89. The molecule has 0 aromatic heterocycles. The number of benzene rings is 3. The summed E-state index contributed by atoms with van der Waals surface area (Å²) in [6, 6.07) is 18.0. The number of nitrogens with zero attached hydrogens (tertiary/aromatic N) is 2. The molecule has 0 saturated heterocycles. The van der Waals surface area contributed by atoms with Crippen LogP contribution in [0.15, 0.2) is 60.7 Å². The Balaban J connectivity index is 0.000000589. The molecule has 3 aromatic rings. The first kappa shape index (κ1) is 30.2. The van der Waals surface area contributed by atoms with Crippen molar-refractivity contribution >= 4 is 34.4 Å². The zero-order valence-electron chi connectivity index (χ0n) is 16.7. The first-order valence-electron chi connectivity index (χ1n) is 9.82. The van der Waals surface area contributed by atoms with Gasteiger partial charge in [0.2, 0.25) is 0 Å². The summed E-state index contributed by atoms with van der Waals surface area (Å²) in [5.41, 5.74) is 2.29. The standard InChI is InChI=1S/C14H11NO2.C10H9NO2.4CH4/c1-2-15-13(16)10-7-3-5-9-6-4-8-11(12(9)10)14(15)17;1-2-11-9(12)7-5-3-4-6-8(7)10(11)13;;;;/h3-8H,2H2,1H3;3-6H,2H2,1H3;4*1H4. The minimum Gasteiger partial charge on any atom is -0.275 e. The molecule has 3 aromatic carbocycles. The number of hydrogen-bond donors (Lipinski definition) is 0. The van der Waals surface area contributed by atoms with Crippen LogP contribution in [0.2, 0.25) is 0 Å². The Morgan fingerprint density at radius 2 is 0.824 bits per heavy atom. The Morgan fingerprint density at radius 3 is 1.18 bits per heavy atom. The fourth-order valence-electron chi connectivity index (χ4n) is 3.89. The molecular weight excluding hydrogens is 428 g/mol. The van der Waals surface area contributed by atoms with Crippen molar-refractivity contribution in [2.75, 3.05) is 13.1 Å². The second kappa shape index (κ2) is 11.9. The van der Waals surface area contributed by atoms with Gasteiger partial charge in [0.15, 0.2) is 0 Å². The maximum absolute atomic E-state index is 12.1. The van der Waals surface area contributed by atoms with E-state index in [2.05, 4.69) is 0 Å². The molecule has 0 radical (unpaired) electrons. The number of imide groups is 2. The quantitative estimate of drug-likeness (QED) is 0.417. The van der Waals surface area contributed by atoms with E-state index in [1.54, 1.807) is 43.3 Å². The highest BCUT2D eigenvalue weighted by Gasteiger charge is 2.33. The number of carbonyl (C=O) groups excluding carboxylic acids is 4. The summed E-state index contributed by atoms with van der Waals surface area (Å²) in [7, 11) is 0. The largest absolute Gasteiger partial charge is 0.275 e. The van der Waals surface area contributed by atoms with Crippen molar-refractivity contribution in [2.45, 2.75) is 43.6 Å². The molecular formula is C28H36N2O4. The van der Waals surface area contributed by atoms with Crippen LogP contribution < -0.4 is 0 Å². The van der Waals surface area contributed by atoms with Crippen molar-refractivity contribution in [1.29, 1.82) is 0 Å². The van der Waals surface area contributed by atoms with Crippen molar-refractivity contribution in [2.24, 2.45) is 0 Å². The molecule has 0 bridgehead atoms. The third-order valence-electron chi connectivity index (χ3n) is 5.37. The van der Waals surface area contributed by atoms with Gasteiger partial charge in [0.25, 0.3) is 23.6 Å². The van der Waals surface area contributed by atoms with Crippen LogP contribution in [0.4, 0.5) is 0 Å². The summed E-state index contributed by atoms with van der Waals surface area (Å²) in [5.74, 6) is -0.741. The average Bonchev–Trinajstić information content (AvgIpc) is 3.02. The summed E-state index contributed by atoms with van der Waals surface area (Å²) >= 11 is 0. The smallest absolute Gasteiger partial charge is 0.261 e. The van der Waals surface area contributed by atoms with Crippen molar-refractivity contribution < 1.29 is 19.2 Å². The van der Waals surface area contributed by atoms with Crippen LogP contribution >= 0.6 is 0 Å². The van der Waals surface area contributed by atoms with Crippen molar-refractivity contribution in [1.82, 2.24) is 9.80 Å². The fraction of sp³-hybridized carbons (Fsp3) is 0.286. The van der Waals surface area contributed by atoms with Crippen LogP contribution in [0.3, 0.4) is 0 Å². The van der Waals surface area contributed by atoms with Crippen molar-refractivity contribution in [3.63, 3.8) is 0 Å². The SMILES string of the molecule is C.C.C.C.CCN1C(=O)c2cccc3cccc(c23)C1=O.CCN1C(=O)c2ccccc2C1=O.